The number of amides is 1. The Labute approximate surface area is 95.4 Å². The van der Waals surface area contributed by atoms with E-state index in [4.69, 9.17) is 0 Å². The second-order valence-electron chi connectivity index (χ2n) is 4.07. The number of rotatable bonds is 5. The van der Waals surface area contributed by atoms with Crippen LogP contribution in [-0.2, 0) is 18.4 Å². The summed E-state index contributed by atoms with van der Waals surface area (Å²) in [5.41, 5.74) is 0. The first-order valence-corrected chi connectivity index (χ1v) is 5.37. The molecule has 1 unspecified atom stereocenters. The van der Waals surface area contributed by atoms with E-state index in [0.717, 1.165) is 5.82 Å². The highest BCUT2D eigenvalue weighted by Crippen LogP contribution is 1.92. The first kappa shape index (κ1) is 12.6. The Bertz CT molecular complexity index is 347. The minimum absolute atomic E-state index is 0.00262. The van der Waals surface area contributed by atoms with Crippen LogP contribution in [0.4, 0.5) is 0 Å². The number of aromatic nitrogens is 3. The minimum atomic E-state index is -0.237. The lowest BCUT2D eigenvalue weighted by Gasteiger charge is -2.15. The molecule has 0 radical (unpaired) electrons. The molecule has 6 nitrogen and oxygen atoms in total. The van der Waals surface area contributed by atoms with Crippen LogP contribution in [0.1, 0.15) is 26.6 Å². The average molecular weight is 225 g/mol. The molecule has 2 N–H and O–H groups in total. The van der Waals surface area contributed by atoms with Crippen molar-refractivity contribution in [2.24, 2.45) is 7.05 Å². The fourth-order valence-electron chi connectivity index (χ4n) is 1.23. The van der Waals surface area contributed by atoms with Crippen molar-refractivity contribution in [1.29, 1.82) is 0 Å². The first-order chi connectivity index (χ1) is 7.50. The number of hydrogen-bond acceptors (Lipinski definition) is 4. The summed E-state index contributed by atoms with van der Waals surface area (Å²) in [5.74, 6) is 0.807. The van der Waals surface area contributed by atoms with Gasteiger partial charge in [0.15, 0.2) is 0 Å². The van der Waals surface area contributed by atoms with Gasteiger partial charge in [-0.3, -0.25) is 14.8 Å². The van der Waals surface area contributed by atoms with Gasteiger partial charge in [0, 0.05) is 13.1 Å². The molecule has 0 aromatic carbocycles. The van der Waals surface area contributed by atoms with E-state index >= 15 is 0 Å². The molecular formula is C10H19N5O. The average Bonchev–Trinajstić information content (AvgIpc) is 2.59. The molecule has 1 atom stereocenters. The van der Waals surface area contributed by atoms with Crippen molar-refractivity contribution in [3.8, 4) is 0 Å². The fraction of sp³-hybridized carbons (Fsp3) is 0.700. The second-order valence-corrected chi connectivity index (χ2v) is 4.07. The van der Waals surface area contributed by atoms with E-state index in [9.17, 15) is 4.79 Å². The van der Waals surface area contributed by atoms with Crippen molar-refractivity contribution in [2.45, 2.75) is 39.4 Å². The van der Waals surface area contributed by atoms with Crippen LogP contribution >= 0.6 is 0 Å². The molecule has 6 heteroatoms. The van der Waals surface area contributed by atoms with Crippen LogP contribution in [0.3, 0.4) is 0 Å². The van der Waals surface area contributed by atoms with Gasteiger partial charge >= 0.3 is 0 Å². The highest BCUT2D eigenvalue weighted by atomic mass is 16.2. The van der Waals surface area contributed by atoms with Crippen LogP contribution < -0.4 is 10.6 Å². The van der Waals surface area contributed by atoms with E-state index in [1.54, 1.807) is 4.68 Å². The molecule has 1 rings (SSSR count). The first-order valence-electron chi connectivity index (χ1n) is 5.37. The quantitative estimate of drug-likeness (QED) is 0.729. The van der Waals surface area contributed by atoms with E-state index in [-0.39, 0.29) is 18.0 Å². The van der Waals surface area contributed by atoms with Crippen LogP contribution in [0.5, 0.6) is 0 Å². The van der Waals surface area contributed by atoms with Gasteiger partial charge < -0.3 is 5.32 Å². The standard InChI is InChI=1S/C10H19N5O/c1-7(2)14-10(16)8(3)11-5-9-12-6-13-15(9)4/h6-8,11H,5H2,1-4H3,(H,14,16). The summed E-state index contributed by atoms with van der Waals surface area (Å²) in [6.45, 7) is 6.23. The Balaban J connectivity index is 2.38. The van der Waals surface area contributed by atoms with Crippen LogP contribution in [0, 0.1) is 0 Å². The molecule has 1 aromatic rings. The monoisotopic (exact) mass is 225 g/mol. The Hall–Kier alpha value is -1.43. The van der Waals surface area contributed by atoms with Crippen molar-refractivity contribution < 1.29 is 4.79 Å². The van der Waals surface area contributed by atoms with Crippen molar-refractivity contribution in [3.63, 3.8) is 0 Å². The lowest BCUT2D eigenvalue weighted by Crippen LogP contribution is -2.44. The maximum absolute atomic E-state index is 11.6. The summed E-state index contributed by atoms with van der Waals surface area (Å²) in [5, 5.41) is 9.89. The number of carbonyl (C=O) groups is 1. The van der Waals surface area contributed by atoms with Gasteiger partial charge in [0.05, 0.1) is 12.6 Å². The maximum atomic E-state index is 11.6. The SMILES string of the molecule is CC(C)NC(=O)C(C)NCc1ncnn1C. The molecule has 1 amide bonds. The zero-order valence-electron chi connectivity index (χ0n) is 10.2. The summed E-state index contributed by atoms with van der Waals surface area (Å²) < 4.78 is 1.68. The lowest BCUT2D eigenvalue weighted by molar-refractivity contribution is -0.123. The molecule has 16 heavy (non-hydrogen) atoms. The molecule has 0 saturated heterocycles. The molecule has 0 spiro atoms. The molecule has 0 aliphatic heterocycles. The van der Waals surface area contributed by atoms with Gasteiger partial charge in [-0.25, -0.2) is 4.98 Å². The number of nitrogens with zero attached hydrogens (tertiary/aromatic N) is 3. The topological polar surface area (TPSA) is 71.8 Å². The van der Waals surface area contributed by atoms with Gasteiger partial charge in [0.25, 0.3) is 0 Å². The van der Waals surface area contributed by atoms with Gasteiger partial charge in [-0.05, 0) is 20.8 Å². The van der Waals surface area contributed by atoms with Gasteiger partial charge in [-0.1, -0.05) is 0 Å². The van der Waals surface area contributed by atoms with Crippen molar-refractivity contribution in [3.05, 3.63) is 12.2 Å². The second kappa shape index (κ2) is 5.60. The number of carbonyl (C=O) groups excluding carboxylic acids is 1. The third kappa shape index (κ3) is 3.62. The Morgan fingerprint density at radius 1 is 1.50 bits per heavy atom. The van der Waals surface area contributed by atoms with Crippen LogP contribution in [-0.4, -0.2) is 32.8 Å². The zero-order valence-corrected chi connectivity index (χ0v) is 10.2. The third-order valence-corrected chi connectivity index (χ3v) is 2.20. The molecular weight excluding hydrogens is 206 g/mol. The normalized spacial score (nSPS) is 12.8. The van der Waals surface area contributed by atoms with Gasteiger partial charge in [-0.2, -0.15) is 5.10 Å². The minimum Gasteiger partial charge on any atom is -0.353 e. The highest BCUT2D eigenvalue weighted by molar-refractivity contribution is 5.81. The molecule has 90 valence electrons. The van der Waals surface area contributed by atoms with E-state index in [1.165, 1.54) is 6.33 Å². The highest BCUT2D eigenvalue weighted by Gasteiger charge is 2.13. The van der Waals surface area contributed by atoms with E-state index < -0.39 is 0 Å². The van der Waals surface area contributed by atoms with Crippen molar-refractivity contribution >= 4 is 5.91 Å². The van der Waals surface area contributed by atoms with Crippen LogP contribution in [0.2, 0.25) is 0 Å². The summed E-state index contributed by atoms with van der Waals surface area (Å²) in [6, 6.07) is -0.0781. The molecule has 0 aliphatic carbocycles. The third-order valence-electron chi connectivity index (χ3n) is 2.20. The summed E-state index contributed by atoms with van der Waals surface area (Å²) >= 11 is 0. The van der Waals surface area contributed by atoms with E-state index in [0.29, 0.717) is 6.54 Å². The smallest absolute Gasteiger partial charge is 0.237 e. The predicted octanol–water partition coefficient (Wildman–Crippen LogP) is -0.182. The van der Waals surface area contributed by atoms with E-state index in [2.05, 4.69) is 20.7 Å². The van der Waals surface area contributed by atoms with Crippen molar-refractivity contribution in [1.82, 2.24) is 25.4 Å². The Morgan fingerprint density at radius 2 is 2.19 bits per heavy atom. The summed E-state index contributed by atoms with van der Waals surface area (Å²) in [7, 11) is 1.82. The number of hydrogen-bond donors (Lipinski definition) is 2. The molecule has 0 saturated carbocycles. The van der Waals surface area contributed by atoms with Gasteiger partial charge in [0.2, 0.25) is 5.91 Å². The molecule has 1 heterocycles. The fourth-order valence-corrected chi connectivity index (χ4v) is 1.23. The molecule has 0 aliphatic rings. The number of aryl methyl sites for hydroxylation is 1. The maximum Gasteiger partial charge on any atom is 0.237 e. The summed E-state index contributed by atoms with van der Waals surface area (Å²) in [6.07, 6.45) is 1.50. The number of nitrogens with one attached hydrogen (secondary N) is 2. The molecule has 1 aromatic heterocycles. The summed E-state index contributed by atoms with van der Waals surface area (Å²) in [4.78, 5) is 15.6. The molecule has 0 bridgehead atoms. The Kier molecular flexibility index (Phi) is 4.42. The van der Waals surface area contributed by atoms with Gasteiger partial charge in [0.1, 0.15) is 12.2 Å². The molecule has 0 fully saturated rings. The largest absolute Gasteiger partial charge is 0.353 e. The Morgan fingerprint density at radius 3 is 2.69 bits per heavy atom. The van der Waals surface area contributed by atoms with Crippen LogP contribution in [0.25, 0.3) is 0 Å². The van der Waals surface area contributed by atoms with Gasteiger partial charge in [-0.15, -0.1) is 0 Å². The van der Waals surface area contributed by atoms with Crippen LogP contribution in [0.15, 0.2) is 6.33 Å². The lowest BCUT2D eigenvalue weighted by atomic mass is 10.3. The predicted molar refractivity (Wildman–Crippen MR) is 60.6 cm³/mol. The van der Waals surface area contributed by atoms with Crippen molar-refractivity contribution in [2.75, 3.05) is 0 Å². The zero-order chi connectivity index (χ0) is 12.1. The van der Waals surface area contributed by atoms with E-state index in [1.807, 2.05) is 27.8 Å².